The number of hydrogen-bond donors (Lipinski definition) is 3. The number of allylic oxidation sites excluding steroid dienone is 2. The molecular weight excluding hydrogens is 821 g/mol. The minimum atomic E-state index is -1.49. The molecule has 0 amide bonds. The molecule has 63 heavy (non-hydrogen) atoms. The van der Waals surface area contributed by atoms with E-state index in [-0.39, 0.29) is 43.7 Å². The van der Waals surface area contributed by atoms with Gasteiger partial charge in [-0.25, -0.2) is 0 Å². The molecule has 4 aliphatic rings. The predicted molar refractivity (Wildman–Crippen MR) is 231 cm³/mol. The highest BCUT2D eigenvalue weighted by atomic mass is 16.7. The largest absolute Gasteiger partial charge is 0.462 e. The van der Waals surface area contributed by atoms with Gasteiger partial charge in [0.25, 0.3) is 0 Å². The Labute approximate surface area is 374 Å². The normalized spacial score (nSPS) is 43.5. The van der Waals surface area contributed by atoms with Crippen molar-refractivity contribution in [2.24, 2.45) is 11.8 Å². The van der Waals surface area contributed by atoms with Crippen LogP contribution in [-0.2, 0) is 57.0 Å². The number of hydrogen-bond acceptors (Lipinski definition) is 17. The van der Waals surface area contributed by atoms with Crippen LogP contribution in [0, 0.1) is 11.8 Å². The lowest BCUT2D eigenvalue weighted by atomic mass is 9.82. The summed E-state index contributed by atoms with van der Waals surface area (Å²) in [4.78, 5) is 43.2. The van der Waals surface area contributed by atoms with Gasteiger partial charge in [0, 0.05) is 38.8 Å². The number of aldehydes is 1. The van der Waals surface area contributed by atoms with Gasteiger partial charge < -0.3 is 72.5 Å². The first-order chi connectivity index (χ1) is 29.7. The van der Waals surface area contributed by atoms with Gasteiger partial charge in [-0.1, -0.05) is 38.2 Å². The summed E-state index contributed by atoms with van der Waals surface area (Å²) >= 11 is 0. The van der Waals surface area contributed by atoms with E-state index in [0.717, 1.165) is 12.7 Å². The molecule has 0 aromatic carbocycles. The van der Waals surface area contributed by atoms with Crippen LogP contribution in [0.3, 0.4) is 0 Å². The molecule has 4 heterocycles. The standard InChI is InChI=1S/C46H78N2O15/c1-13-35(50)60-34-24-36(51)56-27(3)17-15-14-16-18-33(61-37-20-19-32(47(8)9)28(4)57-37)26(2)23-31(21-22-49)42(43(34)55-12)63-45-40(52)39(48(10)11)41(29(5)59-45)62-38-25-46(7,54)44(53)30(6)58-38/h14-16,18,22,26-34,37-45,52-54H,13,17,19-21,23-25H2,1-12H3/b15-14+,18-16+/t26-,27-,28-,29-,30+,31+,32+,33+,34-,37+,38+,39-,40-,41-,42+,43?,44+,45+,46-/m1/s1. The molecular formula is C46H78N2O15. The van der Waals surface area contributed by atoms with E-state index in [2.05, 4.69) is 4.90 Å². The lowest BCUT2D eigenvalue weighted by Crippen LogP contribution is -2.65. The molecule has 0 aromatic rings. The minimum Gasteiger partial charge on any atom is -0.462 e. The molecule has 3 saturated heterocycles. The third-order valence-electron chi connectivity index (χ3n) is 12.9. The van der Waals surface area contributed by atoms with Gasteiger partial charge in [0.05, 0.1) is 48.6 Å². The van der Waals surface area contributed by atoms with Gasteiger partial charge >= 0.3 is 11.9 Å². The molecule has 3 fully saturated rings. The summed E-state index contributed by atoms with van der Waals surface area (Å²) in [6.45, 7) is 12.4. The van der Waals surface area contributed by atoms with Crippen molar-refractivity contribution in [3.05, 3.63) is 24.3 Å². The van der Waals surface area contributed by atoms with Gasteiger partial charge in [0.1, 0.15) is 42.9 Å². The van der Waals surface area contributed by atoms with Gasteiger partial charge in [0.15, 0.2) is 18.9 Å². The Hall–Kier alpha value is -2.39. The second kappa shape index (κ2) is 24.4. The topological polar surface area (TPSA) is 201 Å². The zero-order valence-corrected chi connectivity index (χ0v) is 39.6. The fourth-order valence-electron chi connectivity index (χ4n) is 9.44. The van der Waals surface area contributed by atoms with Crippen LogP contribution in [0.25, 0.3) is 0 Å². The van der Waals surface area contributed by atoms with Gasteiger partial charge in [0.2, 0.25) is 0 Å². The summed E-state index contributed by atoms with van der Waals surface area (Å²) in [5.74, 6) is -2.12. The monoisotopic (exact) mass is 899 g/mol. The van der Waals surface area contributed by atoms with Crippen LogP contribution in [0.1, 0.15) is 99.8 Å². The molecule has 0 bridgehead atoms. The van der Waals surface area contributed by atoms with E-state index in [0.29, 0.717) is 19.3 Å². The Bertz CT molecular complexity index is 1490. The van der Waals surface area contributed by atoms with E-state index in [4.69, 9.17) is 42.6 Å². The van der Waals surface area contributed by atoms with Crippen molar-refractivity contribution in [3.63, 3.8) is 0 Å². The Balaban J connectivity index is 1.74. The molecule has 1 unspecified atom stereocenters. The number of carbonyl (C=O) groups excluding carboxylic acids is 3. The summed E-state index contributed by atoms with van der Waals surface area (Å²) in [6, 6.07) is -0.510. The molecule has 0 radical (unpaired) electrons. The first-order valence-corrected chi connectivity index (χ1v) is 22.7. The number of aliphatic hydroxyl groups excluding tert-OH is 2. The lowest BCUT2D eigenvalue weighted by Gasteiger charge is -2.50. The molecule has 4 rings (SSSR count). The summed E-state index contributed by atoms with van der Waals surface area (Å²) in [5, 5.41) is 33.7. The third-order valence-corrected chi connectivity index (χ3v) is 12.9. The highest BCUT2D eigenvalue weighted by Gasteiger charge is 2.52. The number of methoxy groups -OCH3 is 1. The highest BCUT2D eigenvalue weighted by Crippen LogP contribution is 2.38. The second-order valence-electron chi connectivity index (χ2n) is 18.6. The number of ether oxygens (including phenoxy) is 9. The third kappa shape index (κ3) is 14.5. The Kier molecular flexibility index (Phi) is 20.6. The zero-order chi connectivity index (χ0) is 46.8. The van der Waals surface area contributed by atoms with E-state index < -0.39 is 109 Å². The molecule has 3 N–H and O–H groups in total. The van der Waals surface area contributed by atoms with Crippen molar-refractivity contribution < 1.29 is 72.3 Å². The maximum atomic E-state index is 13.5. The molecule has 0 spiro atoms. The van der Waals surface area contributed by atoms with E-state index in [1.165, 1.54) is 14.0 Å². The van der Waals surface area contributed by atoms with Gasteiger partial charge in [-0.3, -0.25) is 9.59 Å². The summed E-state index contributed by atoms with van der Waals surface area (Å²) in [7, 11) is 9.04. The number of aliphatic hydroxyl groups is 3. The zero-order valence-electron chi connectivity index (χ0n) is 39.6. The summed E-state index contributed by atoms with van der Waals surface area (Å²) in [5.41, 5.74) is -1.49. The van der Waals surface area contributed by atoms with Crippen molar-refractivity contribution in [1.82, 2.24) is 9.80 Å². The number of likely N-dealkylation sites (N-methyl/N-ethyl adjacent to an activating group) is 2. The van der Waals surface area contributed by atoms with Gasteiger partial charge in [-0.2, -0.15) is 0 Å². The average Bonchev–Trinajstić information content (AvgIpc) is 3.19. The predicted octanol–water partition coefficient (Wildman–Crippen LogP) is 3.29. The second-order valence-corrected chi connectivity index (χ2v) is 18.6. The molecule has 0 saturated carbocycles. The van der Waals surface area contributed by atoms with Crippen LogP contribution in [0.4, 0.5) is 0 Å². The van der Waals surface area contributed by atoms with Crippen molar-refractivity contribution in [1.29, 1.82) is 0 Å². The van der Waals surface area contributed by atoms with Crippen LogP contribution >= 0.6 is 0 Å². The highest BCUT2D eigenvalue weighted by molar-refractivity contribution is 5.72. The van der Waals surface area contributed by atoms with Crippen molar-refractivity contribution in [2.75, 3.05) is 35.3 Å². The first kappa shape index (κ1) is 53.2. The molecule has 0 aliphatic carbocycles. The van der Waals surface area contributed by atoms with Gasteiger partial charge in [-0.05, 0) is 93.9 Å². The van der Waals surface area contributed by atoms with Crippen LogP contribution in [0.2, 0.25) is 0 Å². The summed E-state index contributed by atoms with van der Waals surface area (Å²) in [6.07, 6.45) is -1.76. The fraction of sp³-hybridized carbons (Fsp3) is 0.848. The van der Waals surface area contributed by atoms with Crippen LogP contribution in [-0.4, -0.2) is 182 Å². The van der Waals surface area contributed by atoms with Crippen LogP contribution in [0.5, 0.6) is 0 Å². The Morgan fingerprint density at radius 1 is 0.905 bits per heavy atom. The van der Waals surface area contributed by atoms with E-state index >= 15 is 0 Å². The number of nitrogens with zero attached hydrogens (tertiary/aromatic N) is 2. The molecule has 0 aromatic heterocycles. The summed E-state index contributed by atoms with van der Waals surface area (Å²) < 4.78 is 56.7. The lowest BCUT2D eigenvalue weighted by molar-refractivity contribution is -0.344. The number of carbonyl (C=O) groups is 3. The number of esters is 2. The molecule has 4 aliphatic heterocycles. The quantitative estimate of drug-likeness (QED) is 0.180. The van der Waals surface area contributed by atoms with E-state index in [1.54, 1.807) is 46.7 Å². The molecule has 17 heteroatoms. The van der Waals surface area contributed by atoms with Gasteiger partial charge in [-0.15, -0.1) is 0 Å². The maximum absolute atomic E-state index is 13.5. The maximum Gasteiger partial charge on any atom is 0.309 e. The van der Waals surface area contributed by atoms with Crippen molar-refractivity contribution >= 4 is 18.2 Å². The van der Waals surface area contributed by atoms with E-state index in [9.17, 15) is 29.7 Å². The average molecular weight is 899 g/mol. The number of rotatable bonds is 13. The molecule has 17 nitrogen and oxygen atoms in total. The van der Waals surface area contributed by atoms with Crippen LogP contribution < -0.4 is 0 Å². The van der Waals surface area contributed by atoms with Crippen molar-refractivity contribution in [3.8, 4) is 0 Å². The SMILES string of the molecule is CCC(=O)O[C@@H]1CC(=O)O[C@H](C)C/C=C/C=C/[C@H](O[C@H]2CC[C@H](N(C)C)[C@@H](C)O2)[C@H](C)C[C@H](CC=O)[C@H](O[C@@H]2O[C@H](C)[C@@H](O[C@H]3C[C@@](C)(O)[C@@H](O)[C@H](C)O3)[C@H](N(C)C)[C@H]2O)C1OC. The molecule has 19 atom stereocenters. The van der Waals surface area contributed by atoms with Crippen LogP contribution in [0.15, 0.2) is 24.3 Å². The minimum absolute atomic E-state index is 0.0117. The number of cyclic esters (lactones) is 1. The smallest absolute Gasteiger partial charge is 0.309 e. The van der Waals surface area contributed by atoms with E-state index in [1.807, 2.05) is 52.2 Å². The fourth-order valence-corrected chi connectivity index (χ4v) is 9.44. The Morgan fingerprint density at radius 2 is 1.60 bits per heavy atom. The first-order valence-electron chi connectivity index (χ1n) is 22.7. The Morgan fingerprint density at radius 3 is 2.21 bits per heavy atom. The molecule has 362 valence electrons. The van der Waals surface area contributed by atoms with Crippen molar-refractivity contribution in [2.45, 2.75) is 204 Å².